The van der Waals surface area contributed by atoms with Crippen LogP contribution in [0.5, 0.6) is 5.75 Å². The highest BCUT2D eigenvalue weighted by Gasteiger charge is 2.39. The van der Waals surface area contributed by atoms with Gasteiger partial charge in [-0.15, -0.1) is 5.06 Å². The first-order valence-electron chi connectivity index (χ1n) is 6.78. The van der Waals surface area contributed by atoms with Crippen molar-refractivity contribution in [3.8, 4) is 5.75 Å². The van der Waals surface area contributed by atoms with Crippen molar-refractivity contribution in [1.29, 1.82) is 0 Å². The summed E-state index contributed by atoms with van der Waals surface area (Å²) in [6, 6.07) is 4.10. The lowest BCUT2D eigenvalue weighted by Crippen LogP contribution is -2.31. The zero-order chi connectivity index (χ0) is 16.4. The van der Waals surface area contributed by atoms with Gasteiger partial charge < -0.3 is 9.57 Å². The highest BCUT2D eigenvalue weighted by atomic mass is 16.7. The molecule has 7 nitrogen and oxygen atoms in total. The van der Waals surface area contributed by atoms with Gasteiger partial charge in [0.25, 0.3) is 5.78 Å². The van der Waals surface area contributed by atoms with Crippen LogP contribution in [0, 0.1) is 5.92 Å². The van der Waals surface area contributed by atoms with Crippen molar-refractivity contribution in [3.05, 3.63) is 23.8 Å². The van der Waals surface area contributed by atoms with Crippen LogP contribution in [0.2, 0.25) is 0 Å². The number of amides is 1. The largest absolute Gasteiger partial charge is 0.426 e. The predicted octanol–water partition coefficient (Wildman–Crippen LogP) is 1.65. The summed E-state index contributed by atoms with van der Waals surface area (Å²) in [7, 11) is 0. The van der Waals surface area contributed by atoms with Gasteiger partial charge >= 0.3 is 17.8 Å². The molecular formula is C15H15NO6. The second kappa shape index (κ2) is 5.97. The van der Waals surface area contributed by atoms with Crippen molar-refractivity contribution in [3.63, 3.8) is 0 Å². The molecule has 0 spiro atoms. The van der Waals surface area contributed by atoms with Crippen LogP contribution >= 0.6 is 0 Å². The van der Waals surface area contributed by atoms with E-state index in [0.717, 1.165) is 6.92 Å². The average molecular weight is 305 g/mol. The van der Waals surface area contributed by atoms with E-state index in [-0.39, 0.29) is 22.9 Å². The molecule has 0 saturated carbocycles. The van der Waals surface area contributed by atoms with Crippen molar-refractivity contribution in [2.45, 2.75) is 27.2 Å². The molecule has 116 valence electrons. The molecule has 0 aromatic heterocycles. The Morgan fingerprint density at radius 2 is 1.95 bits per heavy atom. The molecule has 22 heavy (non-hydrogen) atoms. The van der Waals surface area contributed by atoms with Crippen molar-refractivity contribution in [2.24, 2.45) is 5.92 Å². The van der Waals surface area contributed by atoms with Crippen LogP contribution in [0.15, 0.2) is 18.2 Å². The maximum absolute atomic E-state index is 11.8. The van der Waals surface area contributed by atoms with Crippen LogP contribution in [0.25, 0.3) is 0 Å². The first-order chi connectivity index (χ1) is 10.3. The number of ether oxygens (including phenoxy) is 1. The van der Waals surface area contributed by atoms with Gasteiger partial charge in [0.05, 0.1) is 17.2 Å². The second-order valence-electron chi connectivity index (χ2n) is 4.92. The zero-order valence-electron chi connectivity index (χ0n) is 12.4. The van der Waals surface area contributed by atoms with Gasteiger partial charge in [-0.1, -0.05) is 13.8 Å². The van der Waals surface area contributed by atoms with E-state index in [1.165, 1.54) is 18.2 Å². The molecular weight excluding hydrogens is 290 g/mol. The molecule has 0 bridgehead atoms. The van der Waals surface area contributed by atoms with Crippen LogP contribution in [0.4, 0.5) is 5.69 Å². The van der Waals surface area contributed by atoms with E-state index in [1.807, 2.05) is 6.92 Å². The Morgan fingerprint density at radius 3 is 2.55 bits per heavy atom. The first kappa shape index (κ1) is 15.7. The summed E-state index contributed by atoms with van der Waals surface area (Å²) in [6.45, 7) is 4.70. The number of hydroxylamine groups is 1. The summed E-state index contributed by atoms with van der Waals surface area (Å²) in [6.07, 6.45) is 0.625. The number of anilines is 1. The van der Waals surface area contributed by atoms with Crippen LogP contribution < -0.4 is 9.80 Å². The molecule has 1 amide bonds. The summed E-state index contributed by atoms with van der Waals surface area (Å²) >= 11 is 0. The van der Waals surface area contributed by atoms with E-state index < -0.39 is 23.6 Å². The third-order valence-corrected chi connectivity index (χ3v) is 3.26. The fourth-order valence-electron chi connectivity index (χ4n) is 1.85. The van der Waals surface area contributed by atoms with Gasteiger partial charge in [0.15, 0.2) is 0 Å². The van der Waals surface area contributed by atoms with Crippen molar-refractivity contribution in [1.82, 2.24) is 0 Å². The van der Waals surface area contributed by atoms with Crippen LogP contribution in [0.3, 0.4) is 0 Å². The van der Waals surface area contributed by atoms with E-state index in [2.05, 4.69) is 0 Å². The summed E-state index contributed by atoms with van der Waals surface area (Å²) in [5.41, 5.74) is 0.175. The Labute approximate surface area is 126 Å². The zero-order valence-corrected chi connectivity index (χ0v) is 12.4. The summed E-state index contributed by atoms with van der Waals surface area (Å²) in [5, 5.41) is 0.612. The van der Waals surface area contributed by atoms with Gasteiger partial charge in [-0.2, -0.15) is 0 Å². The number of carbonyl (C=O) groups is 4. The number of esters is 1. The molecule has 1 heterocycles. The van der Waals surface area contributed by atoms with E-state index >= 15 is 0 Å². The average Bonchev–Trinajstić information content (AvgIpc) is 2.70. The highest BCUT2D eigenvalue weighted by molar-refractivity contribution is 6.51. The van der Waals surface area contributed by atoms with Crippen LogP contribution in [0.1, 0.15) is 37.6 Å². The Kier molecular flexibility index (Phi) is 4.25. The Morgan fingerprint density at radius 1 is 1.27 bits per heavy atom. The number of benzene rings is 1. The van der Waals surface area contributed by atoms with E-state index in [9.17, 15) is 19.2 Å². The first-order valence-corrected chi connectivity index (χ1v) is 6.78. The van der Waals surface area contributed by atoms with Gasteiger partial charge in [0.1, 0.15) is 5.75 Å². The number of hydrogen-bond acceptors (Lipinski definition) is 6. The summed E-state index contributed by atoms with van der Waals surface area (Å²) < 4.78 is 5.19. The number of Topliss-reactive ketones (excluding diaryl/α,β-unsaturated/α-hetero) is 1. The van der Waals surface area contributed by atoms with Crippen LogP contribution in [-0.4, -0.2) is 23.6 Å². The smallest absolute Gasteiger partial charge is 0.332 e. The second-order valence-corrected chi connectivity index (χ2v) is 4.92. The maximum atomic E-state index is 11.8. The standard InChI is InChI=1S/C15H15NO6/c1-4-8(2)15(20)21-10-5-6-11-12(7-10)16(22-9(3)17)14(19)13(11)18/h5-8H,4H2,1-3H3. The third-order valence-electron chi connectivity index (χ3n) is 3.26. The minimum Gasteiger partial charge on any atom is -0.426 e. The Hall–Kier alpha value is -2.70. The van der Waals surface area contributed by atoms with Gasteiger partial charge in [0, 0.05) is 13.0 Å². The lowest BCUT2D eigenvalue weighted by Gasteiger charge is -2.15. The van der Waals surface area contributed by atoms with E-state index in [0.29, 0.717) is 11.5 Å². The molecule has 0 radical (unpaired) electrons. The fraction of sp³-hybridized carbons (Fsp3) is 0.333. The van der Waals surface area contributed by atoms with Crippen molar-refractivity contribution < 1.29 is 28.8 Å². The molecule has 1 unspecified atom stereocenters. The number of ketones is 1. The highest BCUT2D eigenvalue weighted by Crippen LogP contribution is 2.33. The molecule has 0 aliphatic carbocycles. The SMILES string of the molecule is CCC(C)C(=O)Oc1ccc2c(c1)N(OC(C)=O)C(=O)C2=O. The molecule has 1 atom stereocenters. The molecule has 1 aromatic rings. The predicted molar refractivity (Wildman–Crippen MR) is 75.1 cm³/mol. The monoisotopic (exact) mass is 305 g/mol. The van der Waals surface area contributed by atoms with Crippen molar-refractivity contribution in [2.75, 3.05) is 5.06 Å². The number of nitrogens with zero attached hydrogens (tertiary/aromatic N) is 1. The minimum absolute atomic E-state index is 0.0830. The normalized spacial score (nSPS) is 14.6. The molecule has 0 fully saturated rings. The number of carbonyl (C=O) groups excluding carboxylic acids is 4. The van der Waals surface area contributed by atoms with Crippen molar-refractivity contribution >= 4 is 29.3 Å². The van der Waals surface area contributed by atoms with Gasteiger partial charge in [-0.3, -0.25) is 14.4 Å². The lowest BCUT2D eigenvalue weighted by molar-refractivity contribution is -0.146. The molecule has 0 N–H and O–H groups in total. The van der Waals surface area contributed by atoms with Gasteiger partial charge in [-0.05, 0) is 18.6 Å². The topological polar surface area (TPSA) is 90.0 Å². The molecule has 1 aromatic carbocycles. The summed E-state index contributed by atoms with van der Waals surface area (Å²) in [4.78, 5) is 51.1. The Balaban J connectivity index is 2.32. The van der Waals surface area contributed by atoms with Gasteiger partial charge in [-0.25, -0.2) is 4.79 Å². The fourth-order valence-corrected chi connectivity index (χ4v) is 1.85. The van der Waals surface area contributed by atoms with E-state index in [1.54, 1.807) is 6.92 Å². The molecule has 7 heteroatoms. The Bertz CT molecular complexity index is 666. The van der Waals surface area contributed by atoms with E-state index in [4.69, 9.17) is 9.57 Å². The maximum Gasteiger partial charge on any atom is 0.332 e. The lowest BCUT2D eigenvalue weighted by atomic mass is 10.1. The number of rotatable bonds is 4. The third kappa shape index (κ3) is 2.83. The number of fused-ring (bicyclic) bond motifs is 1. The quantitative estimate of drug-likeness (QED) is 0.477. The molecule has 1 aliphatic heterocycles. The minimum atomic E-state index is -0.962. The molecule has 1 aliphatic rings. The molecule has 2 rings (SSSR count). The van der Waals surface area contributed by atoms with Gasteiger partial charge in [0.2, 0.25) is 0 Å². The molecule has 0 saturated heterocycles. The van der Waals surface area contributed by atoms with Crippen LogP contribution in [-0.2, 0) is 19.2 Å². The number of hydrogen-bond donors (Lipinski definition) is 0. The summed E-state index contributed by atoms with van der Waals surface area (Å²) in [5.74, 6) is -3.01.